The molecule has 3 nitrogen and oxygen atoms in total. The summed E-state index contributed by atoms with van der Waals surface area (Å²) < 4.78 is 39.1. The number of hydrogen-bond donors (Lipinski definition) is 1. The minimum Gasteiger partial charge on any atom is -0.378 e. The van der Waals surface area contributed by atoms with E-state index in [4.69, 9.17) is 0 Å². The van der Waals surface area contributed by atoms with Crippen LogP contribution in [0.3, 0.4) is 0 Å². The van der Waals surface area contributed by atoms with Gasteiger partial charge in [-0.3, -0.25) is 4.79 Å². The van der Waals surface area contributed by atoms with Crippen molar-refractivity contribution in [3.63, 3.8) is 0 Å². The number of alkyl halides is 3. The van der Waals surface area contributed by atoms with Crippen LogP contribution in [0, 0.1) is 0 Å². The maximum atomic E-state index is 13.0. The molecule has 0 unspecified atom stereocenters. The summed E-state index contributed by atoms with van der Waals surface area (Å²) in [7, 11) is 3.29. The van der Waals surface area contributed by atoms with Gasteiger partial charge in [0.05, 0.1) is 11.3 Å². The van der Waals surface area contributed by atoms with Crippen LogP contribution in [0.2, 0.25) is 0 Å². The normalized spacial score (nSPS) is 12.1. The molecule has 0 aliphatic carbocycles. The highest BCUT2D eigenvalue weighted by molar-refractivity contribution is 6.00. The van der Waals surface area contributed by atoms with Crippen molar-refractivity contribution in [3.8, 4) is 0 Å². The van der Waals surface area contributed by atoms with Crippen LogP contribution in [0.1, 0.15) is 12.5 Å². The molecule has 0 heterocycles. The summed E-state index contributed by atoms with van der Waals surface area (Å²) >= 11 is 0. The first kappa shape index (κ1) is 16.8. The van der Waals surface area contributed by atoms with Crippen LogP contribution < -0.4 is 10.2 Å². The molecule has 0 aliphatic heterocycles. The molecule has 0 aliphatic rings. The Morgan fingerprint density at radius 1 is 1.24 bits per heavy atom. The molecule has 1 rings (SSSR count). The van der Waals surface area contributed by atoms with Crippen molar-refractivity contribution in [1.29, 1.82) is 0 Å². The summed E-state index contributed by atoms with van der Waals surface area (Å²) in [6.45, 7) is 1.77. The van der Waals surface area contributed by atoms with Crippen molar-refractivity contribution in [3.05, 3.63) is 48.1 Å². The molecule has 1 N–H and O–H groups in total. The maximum Gasteiger partial charge on any atom is 0.418 e. The van der Waals surface area contributed by atoms with Crippen LogP contribution in [-0.2, 0) is 11.0 Å². The summed E-state index contributed by atoms with van der Waals surface area (Å²) in [6.07, 6.45) is 1.40. The van der Waals surface area contributed by atoms with E-state index in [1.165, 1.54) is 24.3 Å². The fraction of sp³-hybridized carbons (Fsp3) is 0.267. The Bertz CT molecular complexity index is 561. The predicted molar refractivity (Wildman–Crippen MR) is 78.4 cm³/mol. The first-order valence-corrected chi connectivity index (χ1v) is 6.24. The average molecular weight is 298 g/mol. The van der Waals surface area contributed by atoms with E-state index in [1.807, 2.05) is 0 Å². The summed E-state index contributed by atoms with van der Waals surface area (Å²) in [5.41, 5.74) is -0.727. The standard InChI is InChI=1S/C15H17F3N2O/c1-4-5-6-7-14(21)19-13-9-8-11(20(2)3)10-12(13)15(16,17)18/h4-10H,1-3H3,(H,19,21). The Labute approximate surface area is 121 Å². The van der Waals surface area contributed by atoms with Crippen LogP contribution in [0.25, 0.3) is 0 Å². The fourth-order valence-electron chi connectivity index (χ4n) is 1.58. The molecular weight excluding hydrogens is 281 g/mol. The number of carbonyl (C=O) groups is 1. The fourth-order valence-corrected chi connectivity index (χ4v) is 1.58. The topological polar surface area (TPSA) is 32.3 Å². The first-order chi connectivity index (χ1) is 9.75. The Hall–Kier alpha value is -2.24. The van der Waals surface area contributed by atoms with Crippen LogP contribution in [0.15, 0.2) is 42.5 Å². The summed E-state index contributed by atoms with van der Waals surface area (Å²) in [4.78, 5) is 13.1. The zero-order valence-electron chi connectivity index (χ0n) is 12.0. The second-order valence-corrected chi connectivity index (χ2v) is 4.50. The van der Waals surface area contributed by atoms with E-state index < -0.39 is 17.6 Å². The van der Waals surface area contributed by atoms with E-state index in [2.05, 4.69) is 5.32 Å². The Kier molecular flexibility index (Phi) is 5.58. The van der Waals surface area contributed by atoms with Gasteiger partial charge in [0.2, 0.25) is 5.91 Å². The molecule has 0 saturated carbocycles. The molecule has 6 heteroatoms. The molecule has 0 radical (unpaired) electrons. The highest BCUT2D eigenvalue weighted by Gasteiger charge is 2.34. The van der Waals surface area contributed by atoms with Crippen molar-refractivity contribution in [2.45, 2.75) is 13.1 Å². The van der Waals surface area contributed by atoms with Crippen molar-refractivity contribution < 1.29 is 18.0 Å². The maximum absolute atomic E-state index is 13.0. The largest absolute Gasteiger partial charge is 0.418 e. The second kappa shape index (κ2) is 6.97. The molecule has 114 valence electrons. The van der Waals surface area contributed by atoms with Crippen molar-refractivity contribution in [1.82, 2.24) is 0 Å². The molecule has 1 amide bonds. The monoisotopic (exact) mass is 298 g/mol. The van der Waals surface area contributed by atoms with Gasteiger partial charge >= 0.3 is 6.18 Å². The van der Waals surface area contributed by atoms with E-state index in [0.29, 0.717) is 5.69 Å². The number of hydrogen-bond acceptors (Lipinski definition) is 2. The Morgan fingerprint density at radius 2 is 1.90 bits per heavy atom. The van der Waals surface area contributed by atoms with Crippen LogP contribution in [0.4, 0.5) is 24.5 Å². The zero-order chi connectivity index (χ0) is 16.0. The van der Waals surface area contributed by atoms with Crippen LogP contribution in [0.5, 0.6) is 0 Å². The van der Waals surface area contributed by atoms with E-state index in [-0.39, 0.29) is 5.69 Å². The number of nitrogens with zero attached hydrogens (tertiary/aromatic N) is 1. The quantitative estimate of drug-likeness (QED) is 0.676. The van der Waals surface area contributed by atoms with Gasteiger partial charge in [-0.25, -0.2) is 0 Å². The minimum atomic E-state index is -4.54. The summed E-state index contributed by atoms with van der Waals surface area (Å²) in [5, 5.41) is 2.24. The van der Waals surface area contributed by atoms with Gasteiger partial charge in [-0.15, -0.1) is 0 Å². The van der Waals surface area contributed by atoms with E-state index in [1.54, 1.807) is 38.1 Å². The SMILES string of the molecule is CC=CC=CC(=O)Nc1ccc(N(C)C)cc1C(F)(F)F. The molecule has 0 atom stereocenters. The molecule has 1 aromatic rings. The third kappa shape index (κ3) is 4.98. The summed E-state index contributed by atoms with van der Waals surface area (Å²) in [6, 6.07) is 3.77. The van der Waals surface area contributed by atoms with Gasteiger partial charge in [-0.2, -0.15) is 13.2 Å². The van der Waals surface area contributed by atoms with Gasteiger partial charge in [-0.1, -0.05) is 18.2 Å². The number of halogens is 3. The second-order valence-electron chi connectivity index (χ2n) is 4.50. The third-order valence-electron chi connectivity index (χ3n) is 2.63. The number of allylic oxidation sites excluding steroid dienone is 3. The van der Waals surface area contributed by atoms with E-state index >= 15 is 0 Å². The van der Waals surface area contributed by atoms with Crippen molar-refractivity contribution >= 4 is 17.3 Å². The van der Waals surface area contributed by atoms with Crippen LogP contribution in [-0.4, -0.2) is 20.0 Å². The van der Waals surface area contributed by atoms with Gasteiger partial charge in [0.15, 0.2) is 0 Å². The molecule has 0 bridgehead atoms. The lowest BCUT2D eigenvalue weighted by Gasteiger charge is -2.18. The van der Waals surface area contributed by atoms with Gasteiger partial charge in [-0.05, 0) is 25.1 Å². The minimum absolute atomic E-state index is 0.261. The number of rotatable bonds is 4. The number of anilines is 2. The lowest BCUT2D eigenvalue weighted by molar-refractivity contribution is -0.136. The highest BCUT2D eigenvalue weighted by atomic mass is 19.4. The number of nitrogens with one attached hydrogen (secondary N) is 1. The molecule has 0 saturated heterocycles. The Balaban J connectivity index is 3.09. The van der Waals surface area contributed by atoms with Crippen molar-refractivity contribution in [2.75, 3.05) is 24.3 Å². The molecule has 0 fully saturated rings. The molecular formula is C15H17F3N2O. The zero-order valence-corrected chi connectivity index (χ0v) is 12.0. The van der Waals surface area contributed by atoms with Gasteiger partial charge in [0.1, 0.15) is 0 Å². The van der Waals surface area contributed by atoms with Crippen molar-refractivity contribution in [2.24, 2.45) is 0 Å². The highest BCUT2D eigenvalue weighted by Crippen LogP contribution is 2.37. The molecule has 1 aromatic carbocycles. The number of amides is 1. The predicted octanol–water partition coefficient (Wildman–Crippen LogP) is 3.84. The lowest BCUT2D eigenvalue weighted by Crippen LogP contribution is -2.16. The molecule has 0 aromatic heterocycles. The van der Waals surface area contributed by atoms with Gasteiger partial charge in [0.25, 0.3) is 0 Å². The van der Waals surface area contributed by atoms with Crippen LogP contribution >= 0.6 is 0 Å². The first-order valence-electron chi connectivity index (χ1n) is 6.24. The van der Waals surface area contributed by atoms with E-state index in [9.17, 15) is 18.0 Å². The third-order valence-corrected chi connectivity index (χ3v) is 2.63. The molecule has 0 spiro atoms. The van der Waals surface area contributed by atoms with Gasteiger partial charge in [0, 0.05) is 25.9 Å². The molecule has 21 heavy (non-hydrogen) atoms. The van der Waals surface area contributed by atoms with Gasteiger partial charge < -0.3 is 10.2 Å². The smallest absolute Gasteiger partial charge is 0.378 e. The Morgan fingerprint density at radius 3 is 2.43 bits per heavy atom. The number of benzene rings is 1. The lowest BCUT2D eigenvalue weighted by atomic mass is 10.1. The summed E-state index contributed by atoms with van der Waals surface area (Å²) in [5.74, 6) is -0.615. The van der Waals surface area contributed by atoms with E-state index in [0.717, 1.165) is 6.07 Å². The number of carbonyl (C=O) groups excluding carboxylic acids is 1. The average Bonchev–Trinajstić information content (AvgIpc) is 2.37.